The Morgan fingerprint density at radius 1 is 1.53 bits per heavy atom. The second-order valence-corrected chi connectivity index (χ2v) is 5.25. The molecule has 2 fully saturated rings. The number of rotatable bonds is 2. The van der Waals surface area contributed by atoms with E-state index in [1.807, 2.05) is 12.3 Å². The fourth-order valence-electron chi connectivity index (χ4n) is 2.52. The number of aromatic nitrogens is 2. The summed E-state index contributed by atoms with van der Waals surface area (Å²) in [6, 6.07) is 4.36. The smallest absolute Gasteiger partial charge is 0.148 e. The minimum Gasteiger partial charge on any atom is -0.306 e. The number of likely N-dealkylation sites (tertiary alicyclic amines) is 1. The first-order valence-electron chi connectivity index (χ1n) is 6.17. The van der Waals surface area contributed by atoms with Crippen molar-refractivity contribution in [3.05, 3.63) is 23.8 Å². The minimum atomic E-state index is -0.361. The van der Waals surface area contributed by atoms with Gasteiger partial charge in [-0.05, 0) is 38.9 Å². The van der Waals surface area contributed by atoms with Gasteiger partial charge in [0, 0.05) is 24.4 Å². The largest absolute Gasteiger partial charge is 0.306 e. The van der Waals surface area contributed by atoms with Crippen molar-refractivity contribution >= 4 is 0 Å². The monoisotopic (exact) mass is 228 g/mol. The standard InChI is InChI=1S/C13H16N4/c1-17-7-3-10(8-17)11-2-6-15-12(16-11)13(9-14)4-5-13/h2,6,10H,3-5,7-8H2,1H3. The molecule has 4 heteroatoms. The normalized spacial score (nSPS) is 26.7. The molecular weight excluding hydrogens is 212 g/mol. The first-order valence-corrected chi connectivity index (χ1v) is 6.17. The van der Waals surface area contributed by atoms with E-state index in [9.17, 15) is 5.26 Å². The molecule has 2 aliphatic rings. The topological polar surface area (TPSA) is 52.8 Å². The highest BCUT2D eigenvalue weighted by molar-refractivity contribution is 5.30. The highest BCUT2D eigenvalue weighted by atomic mass is 15.1. The van der Waals surface area contributed by atoms with Crippen molar-refractivity contribution in [3.63, 3.8) is 0 Å². The van der Waals surface area contributed by atoms with Crippen molar-refractivity contribution in [1.82, 2.24) is 14.9 Å². The average molecular weight is 228 g/mol. The number of nitrogens with zero attached hydrogens (tertiary/aromatic N) is 4. The minimum absolute atomic E-state index is 0.361. The van der Waals surface area contributed by atoms with Crippen LogP contribution in [0.15, 0.2) is 12.3 Å². The van der Waals surface area contributed by atoms with Crippen LogP contribution < -0.4 is 0 Å². The van der Waals surface area contributed by atoms with Crippen LogP contribution >= 0.6 is 0 Å². The number of nitriles is 1. The van der Waals surface area contributed by atoms with E-state index in [1.165, 1.54) is 0 Å². The van der Waals surface area contributed by atoms with Gasteiger partial charge in [0.15, 0.2) is 0 Å². The lowest BCUT2D eigenvalue weighted by Gasteiger charge is -2.12. The summed E-state index contributed by atoms with van der Waals surface area (Å²) in [7, 11) is 2.14. The van der Waals surface area contributed by atoms with Gasteiger partial charge in [0.05, 0.1) is 6.07 Å². The maximum Gasteiger partial charge on any atom is 0.148 e. The summed E-state index contributed by atoms with van der Waals surface area (Å²) in [6.07, 6.45) is 4.80. The lowest BCUT2D eigenvalue weighted by Crippen LogP contribution is -2.15. The fraction of sp³-hybridized carbons (Fsp3) is 0.615. The summed E-state index contributed by atoms with van der Waals surface area (Å²) in [5.74, 6) is 1.25. The Hall–Kier alpha value is -1.47. The Morgan fingerprint density at radius 3 is 2.94 bits per heavy atom. The molecule has 0 aromatic carbocycles. The maximum atomic E-state index is 9.17. The maximum absolute atomic E-state index is 9.17. The first kappa shape index (κ1) is 10.7. The molecule has 0 spiro atoms. The molecule has 1 aromatic heterocycles. The molecule has 1 aliphatic carbocycles. The highest BCUT2D eigenvalue weighted by Crippen LogP contribution is 2.46. The van der Waals surface area contributed by atoms with Crippen LogP contribution in [0, 0.1) is 11.3 Å². The van der Waals surface area contributed by atoms with Crippen LogP contribution in [0.1, 0.15) is 36.7 Å². The second kappa shape index (κ2) is 3.78. The zero-order valence-electron chi connectivity index (χ0n) is 10.1. The molecule has 3 rings (SSSR count). The van der Waals surface area contributed by atoms with Crippen molar-refractivity contribution < 1.29 is 0 Å². The summed E-state index contributed by atoms with van der Waals surface area (Å²) < 4.78 is 0. The first-order chi connectivity index (χ1) is 8.23. The van der Waals surface area contributed by atoms with E-state index in [0.717, 1.165) is 43.9 Å². The van der Waals surface area contributed by atoms with Crippen LogP contribution in [0.3, 0.4) is 0 Å². The molecule has 1 atom stereocenters. The van der Waals surface area contributed by atoms with Gasteiger partial charge in [-0.2, -0.15) is 5.26 Å². The molecule has 1 aliphatic heterocycles. The Bertz CT molecular complexity index is 473. The molecule has 1 unspecified atom stereocenters. The third-order valence-electron chi connectivity index (χ3n) is 3.88. The third-order valence-corrected chi connectivity index (χ3v) is 3.88. The van der Waals surface area contributed by atoms with E-state index in [1.54, 1.807) is 0 Å². The van der Waals surface area contributed by atoms with E-state index in [4.69, 9.17) is 0 Å². The van der Waals surface area contributed by atoms with E-state index in [-0.39, 0.29) is 5.41 Å². The van der Waals surface area contributed by atoms with Crippen molar-refractivity contribution in [3.8, 4) is 6.07 Å². The van der Waals surface area contributed by atoms with Gasteiger partial charge in [-0.15, -0.1) is 0 Å². The molecular formula is C13H16N4. The molecule has 0 amide bonds. The van der Waals surface area contributed by atoms with Gasteiger partial charge in [0.1, 0.15) is 11.2 Å². The van der Waals surface area contributed by atoms with E-state index in [2.05, 4.69) is 28.0 Å². The molecule has 88 valence electrons. The van der Waals surface area contributed by atoms with Gasteiger partial charge in [-0.1, -0.05) is 0 Å². The highest BCUT2D eigenvalue weighted by Gasteiger charge is 2.48. The summed E-state index contributed by atoms with van der Waals surface area (Å²) in [4.78, 5) is 11.2. The van der Waals surface area contributed by atoms with Gasteiger partial charge in [-0.3, -0.25) is 0 Å². The van der Waals surface area contributed by atoms with E-state index >= 15 is 0 Å². The van der Waals surface area contributed by atoms with Crippen molar-refractivity contribution in [2.24, 2.45) is 0 Å². The predicted molar refractivity (Wildman–Crippen MR) is 63.4 cm³/mol. The molecule has 0 radical (unpaired) electrons. The molecule has 0 N–H and O–H groups in total. The van der Waals surface area contributed by atoms with Crippen LogP contribution in [-0.4, -0.2) is 35.0 Å². The Balaban J connectivity index is 1.88. The van der Waals surface area contributed by atoms with Crippen LogP contribution in [0.5, 0.6) is 0 Å². The van der Waals surface area contributed by atoms with Crippen LogP contribution in [0.4, 0.5) is 0 Å². The summed E-state index contributed by atoms with van der Waals surface area (Å²) in [6.45, 7) is 2.20. The second-order valence-electron chi connectivity index (χ2n) is 5.25. The molecule has 1 aromatic rings. The molecule has 1 saturated heterocycles. The van der Waals surface area contributed by atoms with E-state index < -0.39 is 0 Å². The molecule has 2 heterocycles. The molecule has 1 saturated carbocycles. The molecule has 0 bridgehead atoms. The number of hydrogen-bond acceptors (Lipinski definition) is 4. The molecule has 17 heavy (non-hydrogen) atoms. The molecule has 4 nitrogen and oxygen atoms in total. The number of likely N-dealkylation sites (N-methyl/N-ethyl adjacent to an activating group) is 1. The van der Waals surface area contributed by atoms with Gasteiger partial charge in [-0.25, -0.2) is 9.97 Å². The number of hydrogen-bond donors (Lipinski definition) is 0. The summed E-state index contributed by atoms with van der Waals surface area (Å²) in [5.41, 5.74) is 0.751. The van der Waals surface area contributed by atoms with Crippen LogP contribution in [0.2, 0.25) is 0 Å². The fourth-order valence-corrected chi connectivity index (χ4v) is 2.52. The van der Waals surface area contributed by atoms with Gasteiger partial charge in [0.25, 0.3) is 0 Å². The van der Waals surface area contributed by atoms with Gasteiger partial charge < -0.3 is 4.90 Å². The van der Waals surface area contributed by atoms with Crippen molar-refractivity contribution in [1.29, 1.82) is 5.26 Å². The average Bonchev–Trinajstić information content (AvgIpc) is 3.06. The van der Waals surface area contributed by atoms with Crippen LogP contribution in [0.25, 0.3) is 0 Å². The van der Waals surface area contributed by atoms with E-state index in [0.29, 0.717) is 5.92 Å². The lowest BCUT2D eigenvalue weighted by atomic mass is 10.0. The quantitative estimate of drug-likeness (QED) is 0.768. The summed E-state index contributed by atoms with van der Waals surface area (Å²) in [5, 5.41) is 9.17. The SMILES string of the molecule is CN1CCC(c2ccnc(C3(C#N)CC3)n2)C1. The lowest BCUT2D eigenvalue weighted by molar-refractivity contribution is 0.410. The Morgan fingerprint density at radius 2 is 2.35 bits per heavy atom. The Labute approximate surface area is 101 Å². The van der Waals surface area contributed by atoms with Crippen molar-refractivity contribution in [2.75, 3.05) is 20.1 Å². The third kappa shape index (κ3) is 1.81. The van der Waals surface area contributed by atoms with Gasteiger partial charge >= 0.3 is 0 Å². The van der Waals surface area contributed by atoms with Crippen LogP contribution in [-0.2, 0) is 5.41 Å². The summed E-state index contributed by atoms with van der Waals surface area (Å²) >= 11 is 0. The van der Waals surface area contributed by atoms with Gasteiger partial charge in [0.2, 0.25) is 0 Å². The Kier molecular flexibility index (Phi) is 2.37. The zero-order chi connectivity index (χ0) is 11.9. The van der Waals surface area contributed by atoms with Crippen molar-refractivity contribution in [2.45, 2.75) is 30.6 Å². The zero-order valence-corrected chi connectivity index (χ0v) is 10.1. The predicted octanol–water partition coefficient (Wildman–Crippen LogP) is 1.45.